The Morgan fingerprint density at radius 1 is 1.22 bits per heavy atom. The van der Waals surface area contributed by atoms with Crippen LogP contribution in [0.2, 0.25) is 5.02 Å². The number of carbonyl (C=O) groups excluding carboxylic acids is 1. The largest absolute Gasteiger partial charge is 0.368 e. The Morgan fingerprint density at radius 3 is 2.44 bits per heavy atom. The molecule has 0 radical (unpaired) electrons. The predicted octanol–water partition coefficient (Wildman–Crippen LogP) is 2.68. The van der Waals surface area contributed by atoms with Gasteiger partial charge in [-0.3, -0.25) is 9.69 Å². The first-order chi connectivity index (χ1) is 8.61. The lowest BCUT2D eigenvalue weighted by atomic mass is 10.1. The van der Waals surface area contributed by atoms with Crippen molar-refractivity contribution in [2.75, 3.05) is 31.1 Å². The molecular weight excluding hydrogens is 248 g/mol. The molecule has 0 bridgehead atoms. The van der Waals surface area contributed by atoms with Crippen LogP contribution in [0.1, 0.15) is 24.2 Å². The molecule has 1 aromatic rings. The summed E-state index contributed by atoms with van der Waals surface area (Å²) in [5, 5.41) is 0.682. The highest BCUT2D eigenvalue weighted by Gasteiger charge is 2.20. The molecule has 1 saturated heterocycles. The van der Waals surface area contributed by atoms with Crippen LogP contribution in [0.3, 0.4) is 0 Å². The van der Waals surface area contributed by atoms with E-state index in [1.54, 1.807) is 12.1 Å². The molecule has 0 aromatic heterocycles. The minimum Gasteiger partial charge on any atom is -0.368 e. The molecule has 2 rings (SSSR count). The zero-order valence-corrected chi connectivity index (χ0v) is 11.7. The summed E-state index contributed by atoms with van der Waals surface area (Å²) in [6.45, 7) is 8.38. The highest BCUT2D eigenvalue weighted by atomic mass is 35.5. The van der Waals surface area contributed by atoms with Crippen LogP contribution >= 0.6 is 11.6 Å². The van der Waals surface area contributed by atoms with Crippen LogP contribution in [-0.4, -0.2) is 43.4 Å². The number of carbonyl (C=O) groups is 1. The van der Waals surface area contributed by atoms with Gasteiger partial charge in [-0.1, -0.05) is 11.6 Å². The maximum absolute atomic E-state index is 11.1. The van der Waals surface area contributed by atoms with Crippen LogP contribution in [0.25, 0.3) is 0 Å². The van der Waals surface area contributed by atoms with E-state index in [2.05, 4.69) is 23.6 Å². The van der Waals surface area contributed by atoms with Gasteiger partial charge in [0.25, 0.3) is 0 Å². The average molecular weight is 267 g/mol. The van der Waals surface area contributed by atoms with Gasteiger partial charge in [0, 0.05) is 48.5 Å². The lowest BCUT2D eigenvalue weighted by Crippen LogP contribution is -2.49. The molecule has 0 spiro atoms. The quantitative estimate of drug-likeness (QED) is 0.786. The van der Waals surface area contributed by atoms with Gasteiger partial charge < -0.3 is 4.90 Å². The first-order valence-corrected chi connectivity index (χ1v) is 6.73. The van der Waals surface area contributed by atoms with E-state index >= 15 is 0 Å². The number of aldehydes is 1. The number of nitrogens with zero attached hydrogens (tertiary/aromatic N) is 2. The second-order valence-electron chi connectivity index (χ2n) is 4.94. The summed E-state index contributed by atoms with van der Waals surface area (Å²) in [4.78, 5) is 15.8. The molecule has 0 amide bonds. The van der Waals surface area contributed by atoms with Crippen LogP contribution < -0.4 is 4.90 Å². The molecule has 1 aliphatic heterocycles. The Morgan fingerprint density at radius 2 is 1.89 bits per heavy atom. The highest BCUT2D eigenvalue weighted by molar-refractivity contribution is 6.31. The molecule has 4 heteroatoms. The Labute approximate surface area is 113 Å². The van der Waals surface area contributed by atoms with Crippen LogP contribution in [-0.2, 0) is 0 Å². The van der Waals surface area contributed by atoms with E-state index in [1.807, 2.05) is 6.07 Å². The fourth-order valence-corrected chi connectivity index (χ4v) is 2.54. The van der Waals surface area contributed by atoms with Gasteiger partial charge in [-0.15, -0.1) is 0 Å². The van der Waals surface area contributed by atoms with Crippen molar-refractivity contribution in [3.8, 4) is 0 Å². The summed E-state index contributed by atoms with van der Waals surface area (Å²) in [5.74, 6) is 0. The number of halogens is 1. The molecule has 3 nitrogen and oxygen atoms in total. The van der Waals surface area contributed by atoms with Crippen molar-refractivity contribution in [2.45, 2.75) is 19.9 Å². The number of benzene rings is 1. The van der Waals surface area contributed by atoms with E-state index in [9.17, 15) is 4.79 Å². The first-order valence-electron chi connectivity index (χ1n) is 6.35. The molecule has 1 fully saturated rings. The fraction of sp³-hybridized carbons (Fsp3) is 0.500. The van der Waals surface area contributed by atoms with Crippen LogP contribution in [0, 0.1) is 0 Å². The normalized spacial score (nSPS) is 17.2. The zero-order chi connectivity index (χ0) is 13.1. The fourth-order valence-electron chi connectivity index (χ4n) is 2.37. The molecule has 0 atom stereocenters. The van der Waals surface area contributed by atoms with Crippen molar-refractivity contribution in [1.29, 1.82) is 0 Å². The lowest BCUT2D eigenvalue weighted by Gasteiger charge is -2.38. The maximum Gasteiger partial charge on any atom is 0.152 e. The van der Waals surface area contributed by atoms with Crippen molar-refractivity contribution in [2.24, 2.45) is 0 Å². The van der Waals surface area contributed by atoms with Gasteiger partial charge >= 0.3 is 0 Å². The Kier molecular flexibility index (Phi) is 4.25. The monoisotopic (exact) mass is 266 g/mol. The second-order valence-corrected chi connectivity index (χ2v) is 5.37. The highest BCUT2D eigenvalue weighted by Crippen LogP contribution is 2.25. The standard InChI is InChI=1S/C14H19ClN2O/c1-11(2)16-5-7-17(8-6-16)14-9-13(15)4-3-12(14)10-18/h3-4,9-11H,5-8H2,1-2H3. The predicted molar refractivity (Wildman–Crippen MR) is 75.8 cm³/mol. The SMILES string of the molecule is CC(C)N1CCN(c2cc(Cl)ccc2C=O)CC1. The smallest absolute Gasteiger partial charge is 0.152 e. The van der Waals surface area contributed by atoms with Gasteiger partial charge in [0.1, 0.15) is 0 Å². The van der Waals surface area contributed by atoms with E-state index in [4.69, 9.17) is 11.6 Å². The number of anilines is 1. The lowest BCUT2D eigenvalue weighted by molar-refractivity contribution is 0.112. The van der Waals surface area contributed by atoms with Crippen LogP contribution in [0.4, 0.5) is 5.69 Å². The molecule has 18 heavy (non-hydrogen) atoms. The summed E-state index contributed by atoms with van der Waals surface area (Å²) in [5.41, 5.74) is 1.68. The summed E-state index contributed by atoms with van der Waals surface area (Å²) in [6.07, 6.45) is 0.903. The molecule has 0 N–H and O–H groups in total. The number of hydrogen-bond donors (Lipinski definition) is 0. The van der Waals surface area contributed by atoms with Gasteiger partial charge in [-0.05, 0) is 32.0 Å². The molecule has 0 saturated carbocycles. The van der Waals surface area contributed by atoms with Gasteiger partial charge in [-0.2, -0.15) is 0 Å². The Balaban J connectivity index is 2.14. The third-order valence-electron chi connectivity index (χ3n) is 3.50. The maximum atomic E-state index is 11.1. The van der Waals surface area contributed by atoms with Gasteiger partial charge in [0.2, 0.25) is 0 Å². The van der Waals surface area contributed by atoms with Crippen LogP contribution in [0.15, 0.2) is 18.2 Å². The third kappa shape index (κ3) is 2.85. The number of hydrogen-bond acceptors (Lipinski definition) is 3. The van der Waals surface area contributed by atoms with Crippen molar-refractivity contribution in [3.05, 3.63) is 28.8 Å². The van der Waals surface area contributed by atoms with Gasteiger partial charge in [-0.25, -0.2) is 0 Å². The average Bonchev–Trinajstić information content (AvgIpc) is 2.39. The number of piperazine rings is 1. The first kappa shape index (κ1) is 13.4. The van der Waals surface area contributed by atoms with Gasteiger partial charge in [0.15, 0.2) is 6.29 Å². The molecular formula is C14H19ClN2O. The molecule has 98 valence electrons. The van der Waals surface area contributed by atoms with Crippen molar-refractivity contribution >= 4 is 23.6 Å². The molecule has 1 aliphatic rings. The second kappa shape index (κ2) is 5.72. The number of rotatable bonds is 3. The Bertz CT molecular complexity index is 426. The van der Waals surface area contributed by atoms with E-state index in [0.29, 0.717) is 11.1 Å². The van der Waals surface area contributed by atoms with E-state index in [-0.39, 0.29) is 0 Å². The van der Waals surface area contributed by atoms with Crippen molar-refractivity contribution < 1.29 is 4.79 Å². The summed E-state index contributed by atoms with van der Waals surface area (Å²) >= 11 is 6.02. The summed E-state index contributed by atoms with van der Waals surface area (Å²) in [7, 11) is 0. The van der Waals surface area contributed by atoms with Crippen molar-refractivity contribution in [1.82, 2.24) is 4.90 Å². The third-order valence-corrected chi connectivity index (χ3v) is 3.74. The molecule has 1 heterocycles. The summed E-state index contributed by atoms with van der Waals surface area (Å²) < 4.78 is 0. The topological polar surface area (TPSA) is 23.6 Å². The molecule has 0 unspecified atom stereocenters. The summed E-state index contributed by atoms with van der Waals surface area (Å²) in [6, 6.07) is 6.02. The van der Waals surface area contributed by atoms with E-state index < -0.39 is 0 Å². The molecule has 0 aliphatic carbocycles. The van der Waals surface area contributed by atoms with Gasteiger partial charge in [0.05, 0.1) is 0 Å². The van der Waals surface area contributed by atoms with Crippen LogP contribution in [0.5, 0.6) is 0 Å². The molecule has 1 aromatic carbocycles. The zero-order valence-electron chi connectivity index (χ0n) is 10.9. The minimum atomic E-state index is 0.581. The van der Waals surface area contributed by atoms with E-state index in [1.165, 1.54) is 0 Å². The van der Waals surface area contributed by atoms with Crippen molar-refractivity contribution in [3.63, 3.8) is 0 Å². The minimum absolute atomic E-state index is 0.581. The van der Waals surface area contributed by atoms with E-state index in [0.717, 1.165) is 43.7 Å². The Hall–Kier alpha value is -1.06.